The fourth-order valence-corrected chi connectivity index (χ4v) is 3.64. The number of aliphatic hydroxyl groups excluding tert-OH is 1. The molecule has 8 heteroatoms. The normalized spacial score (nSPS) is 18.1. The molecule has 6 nitrogen and oxygen atoms in total. The summed E-state index contributed by atoms with van der Waals surface area (Å²) in [4.78, 5) is 27.0. The molecule has 1 atom stereocenters. The smallest absolute Gasteiger partial charge is 0.295 e. The molecule has 0 spiro atoms. The topological polar surface area (TPSA) is 76.1 Å². The lowest BCUT2D eigenvalue weighted by Gasteiger charge is -2.25. The van der Waals surface area contributed by atoms with E-state index in [1.165, 1.54) is 54.5 Å². The van der Waals surface area contributed by atoms with E-state index in [2.05, 4.69) is 0 Å². The van der Waals surface area contributed by atoms with Crippen LogP contribution in [0.25, 0.3) is 5.76 Å². The van der Waals surface area contributed by atoms with Crippen LogP contribution >= 0.6 is 11.6 Å². The van der Waals surface area contributed by atoms with E-state index in [0.29, 0.717) is 29.4 Å². The van der Waals surface area contributed by atoms with Gasteiger partial charge in [-0.05, 0) is 42.3 Å². The number of nitrogens with zero attached hydrogens (tertiary/aromatic N) is 1. The van der Waals surface area contributed by atoms with Crippen LogP contribution in [-0.2, 0) is 14.3 Å². The quantitative estimate of drug-likeness (QED) is 0.310. The molecule has 2 aromatic carbocycles. The van der Waals surface area contributed by atoms with E-state index >= 15 is 0 Å². The molecule has 1 fully saturated rings. The van der Waals surface area contributed by atoms with Gasteiger partial charge in [0, 0.05) is 25.8 Å². The lowest BCUT2D eigenvalue weighted by molar-refractivity contribution is -0.140. The monoisotopic (exact) mass is 433 g/mol. The SMILES string of the molecule is COCCCN1C(=O)C(=O)/C(=C(\O)c2ccc(Cl)c(OC)c2)C1c1ccc(F)cc1. The molecule has 0 aliphatic carbocycles. The maximum atomic E-state index is 13.5. The van der Waals surface area contributed by atoms with Crippen LogP contribution in [0.1, 0.15) is 23.6 Å². The van der Waals surface area contributed by atoms with Gasteiger partial charge in [0.05, 0.1) is 23.7 Å². The first-order valence-electron chi connectivity index (χ1n) is 9.25. The fraction of sp³-hybridized carbons (Fsp3) is 0.273. The summed E-state index contributed by atoms with van der Waals surface area (Å²) in [6.45, 7) is 0.634. The second kappa shape index (κ2) is 9.28. The standard InChI is InChI=1S/C22H21ClFNO5/c1-29-11-3-10-25-19(13-4-7-15(24)8-5-13)18(21(27)22(25)28)20(26)14-6-9-16(23)17(12-14)30-2/h4-9,12,19,26H,3,10-11H2,1-2H3/b20-18-. The van der Waals surface area contributed by atoms with Crippen LogP contribution in [0.5, 0.6) is 5.75 Å². The fourth-order valence-electron chi connectivity index (χ4n) is 3.44. The Hall–Kier alpha value is -2.90. The van der Waals surface area contributed by atoms with Crippen molar-refractivity contribution in [3.63, 3.8) is 0 Å². The van der Waals surface area contributed by atoms with Crippen molar-refractivity contribution in [3.05, 3.63) is 70.0 Å². The number of likely N-dealkylation sites (tertiary alicyclic amines) is 1. The minimum atomic E-state index is -0.857. The van der Waals surface area contributed by atoms with Crippen molar-refractivity contribution in [1.29, 1.82) is 0 Å². The highest BCUT2D eigenvalue weighted by atomic mass is 35.5. The van der Waals surface area contributed by atoms with E-state index in [1.807, 2.05) is 0 Å². The number of carbonyl (C=O) groups excluding carboxylic acids is 2. The number of methoxy groups -OCH3 is 2. The van der Waals surface area contributed by atoms with E-state index in [9.17, 15) is 19.1 Å². The van der Waals surface area contributed by atoms with Gasteiger partial charge in [-0.1, -0.05) is 23.7 Å². The molecule has 1 unspecified atom stereocenters. The Kier molecular flexibility index (Phi) is 6.74. The second-order valence-electron chi connectivity index (χ2n) is 6.74. The predicted octanol–water partition coefficient (Wildman–Crippen LogP) is 3.95. The van der Waals surface area contributed by atoms with Crippen LogP contribution in [0.2, 0.25) is 5.02 Å². The van der Waals surface area contributed by atoms with E-state index in [0.717, 1.165) is 0 Å². The molecule has 1 heterocycles. The maximum Gasteiger partial charge on any atom is 0.295 e. The Bertz CT molecular complexity index is 990. The van der Waals surface area contributed by atoms with Crippen molar-refractivity contribution >= 4 is 29.1 Å². The third-order valence-corrected chi connectivity index (χ3v) is 5.21. The highest BCUT2D eigenvalue weighted by Crippen LogP contribution is 2.40. The van der Waals surface area contributed by atoms with Crippen LogP contribution in [-0.4, -0.2) is 49.1 Å². The zero-order chi connectivity index (χ0) is 21.8. The average Bonchev–Trinajstić information content (AvgIpc) is 2.99. The molecule has 1 N–H and O–H groups in total. The third kappa shape index (κ3) is 4.17. The molecule has 30 heavy (non-hydrogen) atoms. The molecule has 2 aromatic rings. The molecule has 0 radical (unpaired) electrons. The minimum absolute atomic E-state index is 0.0756. The van der Waals surface area contributed by atoms with Gasteiger partial charge in [0.25, 0.3) is 11.7 Å². The number of carbonyl (C=O) groups is 2. The van der Waals surface area contributed by atoms with Crippen LogP contribution in [0.3, 0.4) is 0 Å². The molecular formula is C22H21ClFNO5. The zero-order valence-corrected chi connectivity index (χ0v) is 17.3. The molecular weight excluding hydrogens is 413 g/mol. The molecule has 1 aliphatic rings. The molecule has 0 bridgehead atoms. The number of aliphatic hydroxyl groups is 1. The van der Waals surface area contributed by atoms with Gasteiger partial charge in [0.15, 0.2) is 0 Å². The third-order valence-electron chi connectivity index (χ3n) is 4.90. The highest BCUT2D eigenvalue weighted by molar-refractivity contribution is 6.46. The largest absolute Gasteiger partial charge is 0.507 e. The summed E-state index contributed by atoms with van der Waals surface area (Å²) in [6.07, 6.45) is 0.496. The van der Waals surface area contributed by atoms with Gasteiger partial charge >= 0.3 is 0 Å². The molecule has 158 valence electrons. The number of benzene rings is 2. The Morgan fingerprint density at radius 3 is 2.50 bits per heavy atom. The lowest BCUT2D eigenvalue weighted by atomic mass is 9.95. The lowest BCUT2D eigenvalue weighted by Crippen LogP contribution is -2.31. The number of hydrogen-bond acceptors (Lipinski definition) is 5. The van der Waals surface area contributed by atoms with Gasteiger partial charge in [-0.3, -0.25) is 9.59 Å². The first-order chi connectivity index (χ1) is 14.4. The van der Waals surface area contributed by atoms with E-state index in [1.54, 1.807) is 7.11 Å². The van der Waals surface area contributed by atoms with Crippen molar-refractivity contribution in [2.24, 2.45) is 0 Å². The van der Waals surface area contributed by atoms with Crippen LogP contribution in [0.15, 0.2) is 48.0 Å². The predicted molar refractivity (Wildman–Crippen MR) is 110 cm³/mol. The summed E-state index contributed by atoms with van der Waals surface area (Å²) in [7, 11) is 2.97. The number of halogens is 2. The summed E-state index contributed by atoms with van der Waals surface area (Å²) >= 11 is 6.05. The van der Waals surface area contributed by atoms with E-state index in [4.69, 9.17) is 21.1 Å². The average molecular weight is 434 g/mol. The summed E-state index contributed by atoms with van der Waals surface area (Å²) < 4.78 is 23.7. The van der Waals surface area contributed by atoms with Gasteiger partial charge in [0.2, 0.25) is 0 Å². The van der Waals surface area contributed by atoms with Crippen LogP contribution in [0.4, 0.5) is 4.39 Å². The highest BCUT2D eigenvalue weighted by Gasteiger charge is 2.45. The number of ether oxygens (including phenoxy) is 2. The summed E-state index contributed by atoms with van der Waals surface area (Å²) in [6, 6.07) is 9.15. The first-order valence-corrected chi connectivity index (χ1v) is 9.63. The first kappa shape index (κ1) is 21.8. The Morgan fingerprint density at radius 1 is 1.17 bits per heavy atom. The van der Waals surface area contributed by atoms with Crippen molar-refractivity contribution in [3.8, 4) is 5.75 Å². The molecule has 0 saturated carbocycles. The maximum absolute atomic E-state index is 13.5. The van der Waals surface area contributed by atoms with Gasteiger partial charge in [-0.2, -0.15) is 0 Å². The van der Waals surface area contributed by atoms with E-state index < -0.39 is 23.5 Å². The van der Waals surface area contributed by atoms with Crippen LogP contribution in [0, 0.1) is 5.82 Å². The van der Waals surface area contributed by atoms with Crippen molar-refractivity contribution in [2.75, 3.05) is 27.4 Å². The minimum Gasteiger partial charge on any atom is -0.507 e. The number of ketones is 1. The Morgan fingerprint density at radius 2 is 1.87 bits per heavy atom. The number of rotatable bonds is 7. The Balaban J connectivity index is 2.13. The molecule has 1 saturated heterocycles. The summed E-state index contributed by atoms with van der Waals surface area (Å²) in [5.74, 6) is -2.03. The van der Waals surface area contributed by atoms with Crippen molar-refractivity contribution < 1.29 is 28.6 Å². The van der Waals surface area contributed by atoms with Crippen molar-refractivity contribution in [2.45, 2.75) is 12.5 Å². The summed E-state index contributed by atoms with van der Waals surface area (Å²) in [5.41, 5.74) is 0.710. The van der Waals surface area contributed by atoms with E-state index in [-0.39, 0.29) is 23.4 Å². The number of Topliss-reactive ketones (excluding diaryl/α,β-unsaturated/α-hetero) is 1. The molecule has 0 aromatic heterocycles. The van der Waals surface area contributed by atoms with Crippen LogP contribution < -0.4 is 4.74 Å². The van der Waals surface area contributed by atoms with Gasteiger partial charge < -0.3 is 19.5 Å². The van der Waals surface area contributed by atoms with Crippen molar-refractivity contribution in [1.82, 2.24) is 4.90 Å². The van der Waals surface area contributed by atoms with Gasteiger partial charge in [-0.15, -0.1) is 0 Å². The number of amides is 1. The van der Waals surface area contributed by atoms with Gasteiger partial charge in [0.1, 0.15) is 17.3 Å². The molecule has 1 aliphatic heterocycles. The molecule has 1 amide bonds. The summed E-state index contributed by atoms with van der Waals surface area (Å²) in [5, 5.41) is 11.3. The zero-order valence-electron chi connectivity index (χ0n) is 16.5. The second-order valence-corrected chi connectivity index (χ2v) is 7.15. The van der Waals surface area contributed by atoms with Gasteiger partial charge in [-0.25, -0.2) is 4.39 Å². The Labute approximate surface area is 178 Å². The number of hydrogen-bond donors (Lipinski definition) is 1. The molecule has 3 rings (SSSR count).